The Bertz CT molecular complexity index is 586. The Kier molecular flexibility index (Phi) is 5.11. The molecule has 0 aromatic carbocycles. The molecule has 4 nitrogen and oxygen atoms in total. The average Bonchev–Trinajstić information content (AvgIpc) is 2.49. The maximum atomic E-state index is 14.3. The smallest absolute Gasteiger partial charge is 0.257 e. The molecule has 0 bridgehead atoms. The molecule has 1 aliphatic heterocycles. The van der Waals surface area contributed by atoms with Gasteiger partial charge in [-0.05, 0) is 25.0 Å². The predicted octanol–water partition coefficient (Wildman–Crippen LogP) is 2.34. The van der Waals surface area contributed by atoms with E-state index in [9.17, 15) is 18.4 Å². The van der Waals surface area contributed by atoms with Crippen LogP contribution in [0.5, 0.6) is 0 Å². The van der Waals surface area contributed by atoms with E-state index in [4.69, 9.17) is 0 Å². The summed E-state index contributed by atoms with van der Waals surface area (Å²) in [5, 5.41) is 0. The molecule has 1 saturated heterocycles. The van der Waals surface area contributed by atoms with Crippen LogP contribution in [0.15, 0.2) is 17.1 Å². The summed E-state index contributed by atoms with van der Waals surface area (Å²) in [6.07, 6.45) is 3.22. The van der Waals surface area contributed by atoms with Crippen molar-refractivity contribution in [1.82, 2.24) is 9.88 Å². The van der Waals surface area contributed by atoms with E-state index in [-0.39, 0.29) is 31.1 Å². The largest absolute Gasteiger partial charge is 0.329 e. The highest BCUT2D eigenvalue weighted by molar-refractivity contribution is 5.56. The Balaban J connectivity index is 2.32. The number of carbonyl (C=O) groups excluding carboxylic acids is 1. The van der Waals surface area contributed by atoms with E-state index < -0.39 is 11.8 Å². The maximum Gasteiger partial charge on any atom is 0.257 e. The molecule has 0 amide bonds. The van der Waals surface area contributed by atoms with Gasteiger partial charge in [0, 0.05) is 31.3 Å². The molecule has 6 heteroatoms. The van der Waals surface area contributed by atoms with Gasteiger partial charge in [0.2, 0.25) is 0 Å². The highest BCUT2D eigenvalue weighted by Gasteiger charge is 2.45. The Morgan fingerprint density at radius 2 is 2.27 bits per heavy atom. The predicted molar refractivity (Wildman–Crippen MR) is 80.5 cm³/mol. The summed E-state index contributed by atoms with van der Waals surface area (Å²) in [5.41, 5.74) is 0.759. The summed E-state index contributed by atoms with van der Waals surface area (Å²) in [5.74, 6) is -3.84. The summed E-state index contributed by atoms with van der Waals surface area (Å²) in [7, 11) is 0. The van der Waals surface area contributed by atoms with Gasteiger partial charge in [-0.25, -0.2) is 8.78 Å². The van der Waals surface area contributed by atoms with Crippen LogP contribution in [0.4, 0.5) is 8.78 Å². The lowest BCUT2D eigenvalue weighted by Crippen LogP contribution is -2.49. The molecule has 22 heavy (non-hydrogen) atoms. The fraction of sp³-hybridized carbons (Fsp3) is 0.625. The number of piperidine rings is 1. The zero-order chi connectivity index (χ0) is 16.3. The third-order valence-corrected chi connectivity index (χ3v) is 4.36. The third-order valence-electron chi connectivity index (χ3n) is 4.36. The van der Waals surface area contributed by atoms with Gasteiger partial charge in [-0.15, -0.1) is 0 Å². The summed E-state index contributed by atoms with van der Waals surface area (Å²) in [4.78, 5) is 27.0. The third kappa shape index (κ3) is 3.43. The van der Waals surface area contributed by atoms with Gasteiger partial charge in [-0.1, -0.05) is 13.3 Å². The molecule has 1 aromatic rings. The number of hydrogen-bond acceptors (Lipinski definition) is 3. The zero-order valence-electron chi connectivity index (χ0n) is 12.9. The molecule has 1 aromatic heterocycles. The standard InChI is InChI=1S/C16H22F2N2O2/c1-3-4-12-7-13(8-19-15(12)22)14-9-20(11(2)10-21)6-5-16(14,17)18/h7-8,10-11,14H,3-6,9H2,1-2H3,(H,19,22). The molecule has 0 radical (unpaired) electrons. The van der Waals surface area contributed by atoms with Crippen molar-refractivity contribution in [3.63, 3.8) is 0 Å². The summed E-state index contributed by atoms with van der Waals surface area (Å²) < 4.78 is 28.6. The molecule has 0 spiro atoms. The van der Waals surface area contributed by atoms with Gasteiger partial charge in [-0.2, -0.15) is 0 Å². The molecule has 2 heterocycles. The Hall–Kier alpha value is -1.56. The van der Waals surface area contributed by atoms with Crippen LogP contribution >= 0.6 is 0 Å². The summed E-state index contributed by atoms with van der Waals surface area (Å²) in [6, 6.07) is 1.21. The van der Waals surface area contributed by atoms with Gasteiger partial charge in [0.15, 0.2) is 0 Å². The van der Waals surface area contributed by atoms with E-state index >= 15 is 0 Å². The van der Waals surface area contributed by atoms with Gasteiger partial charge >= 0.3 is 0 Å². The van der Waals surface area contributed by atoms with E-state index in [0.29, 0.717) is 17.5 Å². The lowest BCUT2D eigenvalue weighted by atomic mass is 9.86. The van der Waals surface area contributed by atoms with E-state index in [1.165, 1.54) is 6.20 Å². The lowest BCUT2D eigenvalue weighted by molar-refractivity contribution is -0.117. The molecule has 1 N–H and O–H groups in total. The number of nitrogens with one attached hydrogen (secondary N) is 1. The lowest BCUT2D eigenvalue weighted by Gasteiger charge is -2.40. The van der Waals surface area contributed by atoms with Crippen LogP contribution in [0, 0.1) is 0 Å². The second-order valence-corrected chi connectivity index (χ2v) is 5.97. The van der Waals surface area contributed by atoms with Crippen LogP contribution in [0.25, 0.3) is 0 Å². The van der Waals surface area contributed by atoms with Crippen LogP contribution in [0.2, 0.25) is 0 Å². The second kappa shape index (κ2) is 6.69. The Morgan fingerprint density at radius 3 is 2.91 bits per heavy atom. The van der Waals surface area contributed by atoms with Gasteiger partial charge < -0.3 is 9.78 Å². The van der Waals surface area contributed by atoms with Crippen LogP contribution in [0.1, 0.15) is 43.7 Å². The van der Waals surface area contributed by atoms with E-state index in [1.54, 1.807) is 17.9 Å². The number of nitrogens with zero attached hydrogens (tertiary/aromatic N) is 1. The van der Waals surface area contributed by atoms with Crippen LogP contribution < -0.4 is 5.56 Å². The number of alkyl halides is 2. The second-order valence-electron chi connectivity index (χ2n) is 5.97. The summed E-state index contributed by atoms with van der Waals surface area (Å²) in [6.45, 7) is 3.97. The molecule has 2 atom stereocenters. The van der Waals surface area contributed by atoms with Crippen molar-refractivity contribution in [2.75, 3.05) is 13.1 Å². The van der Waals surface area contributed by atoms with Gasteiger partial charge in [0.05, 0.1) is 12.0 Å². The number of carbonyl (C=O) groups is 1. The fourth-order valence-electron chi connectivity index (χ4n) is 2.94. The van der Waals surface area contributed by atoms with Crippen molar-refractivity contribution in [2.24, 2.45) is 0 Å². The minimum atomic E-state index is -2.83. The first-order valence-corrected chi connectivity index (χ1v) is 7.67. The van der Waals surface area contributed by atoms with E-state index in [0.717, 1.165) is 12.7 Å². The molecule has 1 aliphatic rings. The van der Waals surface area contributed by atoms with Crippen molar-refractivity contribution in [2.45, 2.75) is 51.0 Å². The number of aldehydes is 1. The molecule has 0 saturated carbocycles. The first-order chi connectivity index (χ1) is 10.4. The highest BCUT2D eigenvalue weighted by Crippen LogP contribution is 2.40. The van der Waals surface area contributed by atoms with E-state index in [2.05, 4.69) is 4.98 Å². The minimum Gasteiger partial charge on any atom is -0.329 e. The molecule has 2 unspecified atom stereocenters. The molecule has 1 fully saturated rings. The number of pyridine rings is 1. The number of halogens is 2. The van der Waals surface area contributed by atoms with Crippen molar-refractivity contribution in [3.8, 4) is 0 Å². The van der Waals surface area contributed by atoms with Crippen LogP contribution in [-0.4, -0.2) is 41.2 Å². The number of likely N-dealkylation sites (tertiary alicyclic amines) is 1. The number of H-pyrrole nitrogens is 1. The molecule has 0 aliphatic carbocycles. The number of aromatic nitrogens is 1. The van der Waals surface area contributed by atoms with Gasteiger partial charge in [0.25, 0.3) is 11.5 Å². The number of aromatic amines is 1. The molecule has 122 valence electrons. The average molecular weight is 312 g/mol. The normalized spacial score (nSPS) is 23.2. The first-order valence-electron chi connectivity index (χ1n) is 7.67. The molecule has 2 rings (SSSR count). The summed E-state index contributed by atoms with van der Waals surface area (Å²) >= 11 is 0. The fourth-order valence-corrected chi connectivity index (χ4v) is 2.94. The topological polar surface area (TPSA) is 53.2 Å². The van der Waals surface area contributed by atoms with Gasteiger partial charge in [0.1, 0.15) is 6.29 Å². The Labute approximate surface area is 128 Å². The zero-order valence-corrected chi connectivity index (χ0v) is 12.9. The van der Waals surface area contributed by atoms with Crippen molar-refractivity contribution >= 4 is 6.29 Å². The van der Waals surface area contributed by atoms with Crippen molar-refractivity contribution < 1.29 is 13.6 Å². The number of rotatable bonds is 5. The number of aryl methyl sites for hydroxylation is 1. The highest BCUT2D eigenvalue weighted by atomic mass is 19.3. The van der Waals surface area contributed by atoms with Crippen molar-refractivity contribution in [3.05, 3.63) is 33.7 Å². The number of hydrogen-bond donors (Lipinski definition) is 1. The van der Waals surface area contributed by atoms with Crippen LogP contribution in [-0.2, 0) is 11.2 Å². The quantitative estimate of drug-likeness (QED) is 0.849. The van der Waals surface area contributed by atoms with E-state index in [1.807, 2.05) is 6.92 Å². The first kappa shape index (κ1) is 16.8. The minimum absolute atomic E-state index is 0.116. The van der Waals surface area contributed by atoms with Gasteiger partial charge in [-0.3, -0.25) is 9.69 Å². The Morgan fingerprint density at radius 1 is 1.55 bits per heavy atom. The molecular formula is C16H22F2N2O2. The maximum absolute atomic E-state index is 14.3. The van der Waals surface area contributed by atoms with Crippen LogP contribution in [0.3, 0.4) is 0 Å². The molecular weight excluding hydrogens is 290 g/mol. The van der Waals surface area contributed by atoms with Crippen molar-refractivity contribution in [1.29, 1.82) is 0 Å². The monoisotopic (exact) mass is 312 g/mol. The SMILES string of the molecule is CCCc1cc(C2CN(C(C)C=O)CCC2(F)F)c[nH]c1=O.